The lowest BCUT2D eigenvalue weighted by Gasteiger charge is -2.19. The first kappa shape index (κ1) is 16.1. The van der Waals surface area contributed by atoms with Gasteiger partial charge in [-0.15, -0.1) is 0 Å². The topological polar surface area (TPSA) is 86.6 Å². The lowest BCUT2D eigenvalue weighted by molar-refractivity contribution is -0.143. The van der Waals surface area contributed by atoms with Gasteiger partial charge >= 0.3 is 13.0 Å². The van der Waals surface area contributed by atoms with E-state index < -0.39 is 18.9 Å². The van der Waals surface area contributed by atoms with Gasteiger partial charge in [0.05, 0.1) is 5.92 Å². The van der Waals surface area contributed by atoms with Gasteiger partial charge in [-0.05, 0) is 12.2 Å². The maximum absolute atomic E-state index is 11.7. The molecule has 0 aliphatic heterocycles. The number of Topliss-reactive ketones (excluding diaryl/α,β-unsaturated/α-hetero) is 1. The number of nitrogens with one attached hydrogen (secondary N) is 1. The van der Waals surface area contributed by atoms with E-state index in [1.807, 2.05) is 20.8 Å². The molecule has 0 fully saturated rings. The molecule has 0 saturated heterocycles. The van der Waals surface area contributed by atoms with Crippen LogP contribution in [0.2, 0.25) is 6.82 Å². The molecule has 0 aromatic carbocycles. The largest absolute Gasteiger partial charge is 0.481 e. The number of carbonyl (C=O) groups excluding carboxylic acids is 1. The molecular weight excluding hydrogens is 221 g/mol. The number of hydrogen-bond donors (Lipinski definition) is 3. The van der Waals surface area contributed by atoms with Crippen LogP contribution in [0.4, 0.5) is 0 Å². The van der Waals surface area contributed by atoms with Gasteiger partial charge in [-0.3, -0.25) is 9.59 Å². The van der Waals surface area contributed by atoms with Crippen LogP contribution in [0.25, 0.3) is 0 Å². The molecule has 0 aromatic heterocycles. The Kier molecular flexibility index (Phi) is 6.41. The van der Waals surface area contributed by atoms with Crippen LogP contribution in [-0.4, -0.2) is 35.5 Å². The first-order valence-corrected chi connectivity index (χ1v) is 5.78. The van der Waals surface area contributed by atoms with E-state index in [1.54, 1.807) is 0 Å². The van der Waals surface area contributed by atoms with Gasteiger partial charge in [0.1, 0.15) is 5.78 Å². The van der Waals surface area contributed by atoms with E-state index in [4.69, 9.17) is 10.1 Å². The summed E-state index contributed by atoms with van der Waals surface area (Å²) in [4.78, 5) is 22.6. The summed E-state index contributed by atoms with van der Waals surface area (Å²) in [5.74, 6) is -1.85. The van der Waals surface area contributed by atoms with Gasteiger partial charge in [0, 0.05) is 19.4 Å². The van der Waals surface area contributed by atoms with Crippen molar-refractivity contribution in [1.29, 1.82) is 0 Å². The van der Waals surface area contributed by atoms with Crippen LogP contribution >= 0.6 is 0 Å². The van der Waals surface area contributed by atoms with Crippen molar-refractivity contribution in [2.75, 3.05) is 6.54 Å². The third-order valence-electron chi connectivity index (χ3n) is 2.21. The van der Waals surface area contributed by atoms with Crippen molar-refractivity contribution in [3.8, 4) is 0 Å². The van der Waals surface area contributed by atoms with Crippen molar-refractivity contribution < 1.29 is 19.7 Å². The van der Waals surface area contributed by atoms with Crippen molar-refractivity contribution in [3.63, 3.8) is 0 Å². The summed E-state index contributed by atoms with van der Waals surface area (Å²) in [6.07, 6.45) is 0.373. The molecule has 0 saturated carbocycles. The Bertz CT molecular complexity index is 273. The predicted molar refractivity (Wildman–Crippen MR) is 66.7 cm³/mol. The van der Waals surface area contributed by atoms with Crippen LogP contribution in [0.3, 0.4) is 0 Å². The predicted octanol–water partition coefficient (Wildman–Crippen LogP) is 0.782. The Morgan fingerprint density at radius 2 is 1.88 bits per heavy atom. The molecule has 0 rings (SSSR count). The smallest absolute Gasteiger partial charge is 0.373 e. The third kappa shape index (κ3) is 8.88. The molecule has 0 unspecified atom stereocenters. The fourth-order valence-electron chi connectivity index (χ4n) is 1.50. The summed E-state index contributed by atoms with van der Waals surface area (Å²) >= 11 is 0. The Balaban J connectivity index is 4.26. The second-order valence-electron chi connectivity index (χ2n) is 5.60. The molecule has 1 atom stereocenters. The van der Waals surface area contributed by atoms with Gasteiger partial charge in [-0.1, -0.05) is 20.8 Å². The lowest BCUT2D eigenvalue weighted by atomic mass is 9.85. The second-order valence-corrected chi connectivity index (χ2v) is 5.60. The average Bonchev–Trinajstić information content (AvgIpc) is 2.08. The molecule has 5 nitrogen and oxygen atoms in total. The van der Waals surface area contributed by atoms with Crippen molar-refractivity contribution in [3.05, 3.63) is 0 Å². The SMILES string of the molecule is CB(O)NC[C@H](CC(=O)CC(C)(C)C)C(=O)O. The molecule has 0 aliphatic rings. The number of hydrogen-bond acceptors (Lipinski definition) is 4. The summed E-state index contributed by atoms with van der Waals surface area (Å²) < 4.78 is 0. The van der Waals surface area contributed by atoms with Crippen LogP contribution < -0.4 is 5.23 Å². The summed E-state index contributed by atoms with van der Waals surface area (Å²) in [6.45, 7) is 7.43. The van der Waals surface area contributed by atoms with Gasteiger partial charge in [-0.25, -0.2) is 0 Å². The first-order valence-electron chi connectivity index (χ1n) is 5.78. The summed E-state index contributed by atoms with van der Waals surface area (Å²) in [7, 11) is -0.769. The second kappa shape index (κ2) is 6.76. The number of carbonyl (C=O) groups is 2. The van der Waals surface area contributed by atoms with Crippen molar-refractivity contribution >= 4 is 18.8 Å². The minimum atomic E-state index is -1.01. The molecule has 0 bridgehead atoms. The molecule has 3 N–H and O–H groups in total. The lowest BCUT2D eigenvalue weighted by Crippen LogP contribution is -2.38. The van der Waals surface area contributed by atoms with E-state index in [0.717, 1.165) is 0 Å². The quantitative estimate of drug-likeness (QED) is 0.575. The van der Waals surface area contributed by atoms with Gasteiger partial charge in [0.2, 0.25) is 0 Å². The molecule has 0 heterocycles. The van der Waals surface area contributed by atoms with Crippen LogP contribution in [0.15, 0.2) is 0 Å². The van der Waals surface area contributed by atoms with Gasteiger partial charge < -0.3 is 15.4 Å². The Morgan fingerprint density at radius 3 is 2.24 bits per heavy atom. The number of aliphatic carboxylic acids is 1. The summed E-state index contributed by atoms with van der Waals surface area (Å²) in [5.41, 5.74) is -0.127. The van der Waals surface area contributed by atoms with E-state index in [1.165, 1.54) is 6.82 Å². The molecule has 0 spiro atoms. The molecule has 98 valence electrons. The van der Waals surface area contributed by atoms with Gasteiger partial charge in [0.25, 0.3) is 0 Å². The van der Waals surface area contributed by atoms with Gasteiger partial charge in [0.15, 0.2) is 0 Å². The van der Waals surface area contributed by atoms with Crippen molar-refractivity contribution in [2.24, 2.45) is 11.3 Å². The van der Waals surface area contributed by atoms with E-state index >= 15 is 0 Å². The first-order chi connectivity index (χ1) is 7.61. The fourth-order valence-corrected chi connectivity index (χ4v) is 1.50. The number of ketones is 1. The zero-order valence-corrected chi connectivity index (χ0v) is 11.0. The van der Waals surface area contributed by atoms with Crippen LogP contribution in [0, 0.1) is 11.3 Å². The summed E-state index contributed by atoms with van der Waals surface area (Å²) in [6, 6.07) is 0. The van der Waals surface area contributed by atoms with E-state index in [2.05, 4.69) is 5.23 Å². The van der Waals surface area contributed by atoms with E-state index in [-0.39, 0.29) is 24.2 Å². The number of carboxylic acids is 1. The Labute approximate surface area is 103 Å². The van der Waals surface area contributed by atoms with E-state index in [0.29, 0.717) is 6.42 Å². The van der Waals surface area contributed by atoms with Crippen LogP contribution in [0.5, 0.6) is 0 Å². The average molecular weight is 243 g/mol. The van der Waals surface area contributed by atoms with Crippen LogP contribution in [-0.2, 0) is 9.59 Å². The maximum atomic E-state index is 11.7. The highest BCUT2D eigenvalue weighted by atomic mass is 16.4. The number of rotatable bonds is 7. The Morgan fingerprint density at radius 1 is 1.35 bits per heavy atom. The molecule has 0 aromatic rings. The maximum Gasteiger partial charge on any atom is 0.373 e. The fraction of sp³-hybridized carbons (Fsp3) is 0.818. The zero-order valence-electron chi connectivity index (χ0n) is 11.0. The summed E-state index contributed by atoms with van der Waals surface area (Å²) in [5, 5.41) is 20.6. The minimum Gasteiger partial charge on any atom is -0.481 e. The van der Waals surface area contributed by atoms with Crippen LogP contribution in [0.1, 0.15) is 33.6 Å². The van der Waals surface area contributed by atoms with Crippen molar-refractivity contribution in [1.82, 2.24) is 5.23 Å². The van der Waals surface area contributed by atoms with E-state index in [9.17, 15) is 9.59 Å². The Hall–Kier alpha value is -0.875. The number of carboxylic acid groups (broad SMARTS) is 1. The monoisotopic (exact) mass is 243 g/mol. The highest BCUT2D eigenvalue weighted by Crippen LogP contribution is 2.21. The normalized spacial score (nSPS) is 13.2. The zero-order chi connectivity index (χ0) is 13.6. The van der Waals surface area contributed by atoms with Crippen molar-refractivity contribution in [2.45, 2.75) is 40.4 Å². The highest BCUT2D eigenvalue weighted by molar-refractivity contribution is 6.45. The molecule has 17 heavy (non-hydrogen) atoms. The minimum absolute atomic E-state index is 0.00627. The molecule has 0 amide bonds. The molecule has 0 aliphatic carbocycles. The molecule has 6 heteroatoms. The highest BCUT2D eigenvalue weighted by Gasteiger charge is 2.24. The molecular formula is C11H22BNO4. The molecule has 0 radical (unpaired) electrons. The van der Waals surface area contributed by atoms with Gasteiger partial charge in [-0.2, -0.15) is 0 Å². The standard InChI is InChI=1S/C11H22BNO4/c1-11(2,3)6-9(14)5-8(10(15)16)7-13-12(4)17/h8,13,17H,5-7H2,1-4H3,(H,15,16)/t8-/m0/s1. The third-order valence-corrected chi connectivity index (χ3v) is 2.21.